The van der Waals surface area contributed by atoms with E-state index in [-0.39, 0.29) is 6.04 Å². The molecule has 3 aromatic heterocycles. The van der Waals surface area contributed by atoms with Gasteiger partial charge in [-0.3, -0.25) is 0 Å². The molecule has 5 nitrogen and oxygen atoms in total. The summed E-state index contributed by atoms with van der Waals surface area (Å²) in [6, 6.07) is 4.15. The molecular weight excluding hydrogens is 284 g/mol. The second-order valence-corrected chi connectivity index (χ2v) is 5.94. The zero-order valence-electron chi connectivity index (χ0n) is 12.3. The molecule has 0 aliphatic carbocycles. The van der Waals surface area contributed by atoms with Crippen LogP contribution < -0.4 is 5.32 Å². The van der Waals surface area contributed by atoms with E-state index in [0.717, 1.165) is 34.5 Å². The summed E-state index contributed by atoms with van der Waals surface area (Å²) < 4.78 is 7.62. The molecule has 0 radical (unpaired) electrons. The third-order valence-electron chi connectivity index (χ3n) is 3.39. The molecule has 0 aliphatic rings. The Hall–Kier alpha value is -1.92. The first-order valence-electron chi connectivity index (χ1n) is 6.84. The van der Waals surface area contributed by atoms with Gasteiger partial charge in [0.25, 0.3) is 0 Å². The summed E-state index contributed by atoms with van der Waals surface area (Å²) in [6.45, 7) is 4.79. The van der Waals surface area contributed by atoms with E-state index in [1.807, 2.05) is 43.2 Å². The highest BCUT2D eigenvalue weighted by Gasteiger charge is 2.11. The first-order valence-corrected chi connectivity index (χ1v) is 7.72. The van der Waals surface area contributed by atoms with E-state index in [9.17, 15) is 0 Å². The van der Waals surface area contributed by atoms with E-state index in [4.69, 9.17) is 4.42 Å². The molecule has 3 rings (SSSR count). The Morgan fingerprint density at radius 3 is 2.95 bits per heavy atom. The van der Waals surface area contributed by atoms with Crippen molar-refractivity contribution >= 4 is 11.3 Å². The van der Waals surface area contributed by atoms with Crippen molar-refractivity contribution in [3.8, 4) is 10.8 Å². The number of rotatable bonds is 5. The Morgan fingerprint density at radius 1 is 1.43 bits per heavy atom. The van der Waals surface area contributed by atoms with Crippen molar-refractivity contribution in [3.63, 3.8) is 0 Å². The normalized spacial score (nSPS) is 12.7. The van der Waals surface area contributed by atoms with Crippen molar-refractivity contribution < 1.29 is 4.42 Å². The number of hydrogen-bond donors (Lipinski definition) is 1. The number of aromatic nitrogens is 3. The van der Waals surface area contributed by atoms with Crippen LogP contribution in [-0.2, 0) is 13.6 Å². The fourth-order valence-corrected chi connectivity index (χ4v) is 2.98. The van der Waals surface area contributed by atoms with Crippen molar-refractivity contribution in [2.75, 3.05) is 0 Å². The Labute approximate surface area is 127 Å². The highest BCUT2D eigenvalue weighted by Crippen LogP contribution is 2.25. The molecule has 1 atom stereocenters. The van der Waals surface area contributed by atoms with Crippen molar-refractivity contribution in [3.05, 3.63) is 47.2 Å². The molecule has 0 spiro atoms. The topological polar surface area (TPSA) is 55.9 Å². The fourth-order valence-electron chi connectivity index (χ4n) is 2.20. The monoisotopic (exact) mass is 302 g/mol. The molecule has 1 unspecified atom stereocenters. The molecule has 0 aromatic carbocycles. The van der Waals surface area contributed by atoms with Crippen molar-refractivity contribution in [1.82, 2.24) is 19.9 Å². The average molecular weight is 302 g/mol. The van der Waals surface area contributed by atoms with E-state index in [1.165, 1.54) is 0 Å². The Balaban J connectivity index is 1.64. The molecular formula is C15H18N4OS. The van der Waals surface area contributed by atoms with Gasteiger partial charge in [-0.25, -0.2) is 9.97 Å². The van der Waals surface area contributed by atoms with Crippen LogP contribution in [0.2, 0.25) is 0 Å². The number of aryl methyl sites for hydroxylation is 2. The maximum atomic E-state index is 5.60. The van der Waals surface area contributed by atoms with Crippen LogP contribution in [0.3, 0.4) is 0 Å². The predicted octanol–water partition coefficient (Wildman–Crippen LogP) is 3.30. The van der Waals surface area contributed by atoms with Gasteiger partial charge in [-0.1, -0.05) is 0 Å². The SMILES string of the molecule is Cc1ccc(-c2nc(CNC(C)c3cncn3C)cs2)o1. The Morgan fingerprint density at radius 2 is 2.29 bits per heavy atom. The first kappa shape index (κ1) is 14.0. The van der Waals surface area contributed by atoms with E-state index < -0.39 is 0 Å². The lowest BCUT2D eigenvalue weighted by molar-refractivity contribution is 0.537. The number of nitrogens with zero attached hydrogens (tertiary/aromatic N) is 3. The van der Waals surface area contributed by atoms with Gasteiger partial charge >= 0.3 is 0 Å². The third-order valence-corrected chi connectivity index (χ3v) is 4.30. The molecule has 1 N–H and O–H groups in total. The van der Waals surface area contributed by atoms with Crippen molar-refractivity contribution in [2.24, 2.45) is 7.05 Å². The second kappa shape index (κ2) is 5.83. The van der Waals surface area contributed by atoms with Crippen LogP contribution in [0.15, 0.2) is 34.5 Å². The van der Waals surface area contributed by atoms with Crippen LogP contribution in [0.5, 0.6) is 0 Å². The van der Waals surface area contributed by atoms with Crippen molar-refractivity contribution in [2.45, 2.75) is 26.4 Å². The zero-order chi connectivity index (χ0) is 14.8. The number of furan rings is 1. The van der Waals surface area contributed by atoms with Gasteiger partial charge in [0.05, 0.1) is 17.7 Å². The van der Waals surface area contributed by atoms with Gasteiger partial charge < -0.3 is 14.3 Å². The fraction of sp³-hybridized carbons (Fsp3) is 0.333. The van der Waals surface area contributed by atoms with E-state index in [2.05, 4.69) is 27.6 Å². The van der Waals surface area contributed by atoms with Crippen LogP contribution in [0.25, 0.3) is 10.8 Å². The number of thiazole rings is 1. The molecule has 0 fully saturated rings. The minimum atomic E-state index is 0.230. The maximum Gasteiger partial charge on any atom is 0.162 e. The maximum absolute atomic E-state index is 5.60. The van der Waals surface area contributed by atoms with Crippen molar-refractivity contribution in [1.29, 1.82) is 0 Å². The molecule has 0 saturated carbocycles. The number of nitrogens with one attached hydrogen (secondary N) is 1. The van der Waals surface area contributed by atoms with E-state index >= 15 is 0 Å². The lowest BCUT2D eigenvalue weighted by Crippen LogP contribution is -2.20. The van der Waals surface area contributed by atoms with E-state index in [1.54, 1.807) is 11.3 Å². The average Bonchev–Trinajstić information content (AvgIpc) is 3.16. The molecule has 0 aliphatic heterocycles. The van der Waals surface area contributed by atoms with Crippen LogP contribution in [0.1, 0.15) is 30.1 Å². The lowest BCUT2D eigenvalue weighted by Gasteiger charge is -2.13. The van der Waals surface area contributed by atoms with Gasteiger partial charge in [0.2, 0.25) is 0 Å². The smallest absolute Gasteiger partial charge is 0.162 e. The Bertz CT molecular complexity index is 727. The molecule has 0 bridgehead atoms. The van der Waals surface area contributed by atoms with Gasteiger partial charge in [0.15, 0.2) is 10.8 Å². The molecule has 6 heteroatoms. The van der Waals surface area contributed by atoms with Gasteiger partial charge in [-0.2, -0.15) is 0 Å². The summed E-state index contributed by atoms with van der Waals surface area (Å²) >= 11 is 1.61. The lowest BCUT2D eigenvalue weighted by atomic mass is 10.2. The number of hydrogen-bond acceptors (Lipinski definition) is 5. The van der Waals surface area contributed by atoms with Gasteiger partial charge in [-0.05, 0) is 26.0 Å². The predicted molar refractivity (Wildman–Crippen MR) is 83.0 cm³/mol. The summed E-state index contributed by atoms with van der Waals surface area (Å²) in [7, 11) is 2.00. The zero-order valence-corrected chi connectivity index (χ0v) is 13.1. The quantitative estimate of drug-likeness (QED) is 0.785. The number of imidazole rings is 1. The van der Waals surface area contributed by atoms with Crippen LogP contribution in [0.4, 0.5) is 0 Å². The molecule has 3 aromatic rings. The molecule has 110 valence electrons. The van der Waals surface area contributed by atoms with Gasteiger partial charge in [-0.15, -0.1) is 11.3 Å². The minimum absolute atomic E-state index is 0.230. The highest BCUT2D eigenvalue weighted by molar-refractivity contribution is 7.13. The van der Waals surface area contributed by atoms with Crippen LogP contribution >= 0.6 is 11.3 Å². The summed E-state index contributed by atoms with van der Waals surface area (Å²) in [5, 5.41) is 6.45. The summed E-state index contributed by atoms with van der Waals surface area (Å²) in [5.74, 6) is 1.74. The first-order chi connectivity index (χ1) is 10.1. The summed E-state index contributed by atoms with van der Waals surface area (Å²) in [4.78, 5) is 8.75. The molecule has 0 saturated heterocycles. The van der Waals surface area contributed by atoms with Gasteiger partial charge in [0.1, 0.15) is 5.76 Å². The highest BCUT2D eigenvalue weighted by atomic mass is 32.1. The summed E-state index contributed by atoms with van der Waals surface area (Å²) in [5.41, 5.74) is 2.19. The minimum Gasteiger partial charge on any atom is -0.459 e. The molecule has 21 heavy (non-hydrogen) atoms. The molecule has 3 heterocycles. The summed E-state index contributed by atoms with van der Waals surface area (Å²) in [6.07, 6.45) is 3.70. The largest absolute Gasteiger partial charge is 0.459 e. The second-order valence-electron chi connectivity index (χ2n) is 5.09. The van der Waals surface area contributed by atoms with Crippen LogP contribution in [-0.4, -0.2) is 14.5 Å². The Kier molecular flexibility index (Phi) is 3.90. The molecule has 0 amide bonds. The van der Waals surface area contributed by atoms with E-state index in [0.29, 0.717) is 0 Å². The standard InChI is InChI=1S/C15H18N4OS/c1-10-4-5-14(20-10)15-18-12(8-21-15)6-17-11(2)13-7-16-9-19(13)3/h4-5,7-9,11,17H,6H2,1-3H3. The van der Waals surface area contributed by atoms with Gasteiger partial charge in [0, 0.05) is 31.2 Å². The third kappa shape index (κ3) is 3.06. The van der Waals surface area contributed by atoms with Crippen LogP contribution in [0, 0.1) is 6.92 Å².